The molecular weight excluding hydrogens is 268 g/mol. The molecule has 0 aliphatic carbocycles. The third-order valence-corrected chi connectivity index (χ3v) is 4.79. The van der Waals surface area contributed by atoms with Crippen LogP contribution in [0.15, 0.2) is 4.99 Å². The molecule has 4 nitrogen and oxygen atoms in total. The predicted molar refractivity (Wildman–Crippen MR) is 86.4 cm³/mol. The van der Waals surface area contributed by atoms with Gasteiger partial charge >= 0.3 is 0 Å². The van der Waals surface area contributed by atoms with Gasteiger partial charge in [0.2, 0.25) is 0 Å². The summed E-state index contributed by atoms with van der Waals surface area (Å²) < 4.78 is 0. The molecule has 1 unspecified atom stereocenters. The average molecular weight is 294 g/mol. The van der Waals surface area contributed by atoms with Gasteiger partial charge in [-0.3, -0.25) is 0 Å². The fourth-order valence-corrected chi connectivity index (χ4v) is 3.42. The number of aromatic nitrogens is 1. The number of hydrogen-bond donors (Lipinski definition) is 1. The van der Waals surface area contributed by atoms with Crippen molar-refractivity contribution in [3.63, 3.8) is 0 Å². The largest absolute Gasteiger partial charge is 0.357 e. The first kappa shape index (κ1) is 15.3. The van der Waals surface area contributed by atoms with Crippen LogP contribution in [-0.4, -0.2) is 35.5 Å². The lowest BCUT2D eigenvalue weighted by Crippen LogP contribution is -2.46. The summed E-state index contributed by atoms with van der Waals surface area (Å²) in [6.07, 6.45) is 2.60. The van der Waals surface area contributed by atoms with Crippen molar-refractivity contribution in [2.45, 2.75) is 47.1 Å². The number of aliphatic imine (C=N–C) groups is 1. The highest BCUT2D eigenvalue weighted by Crippen LogP contribution is 2.18. The molecule has 112 valence electrons. The van der Waals surface area contributed by atoms with Crippen LogP contribution in [0.2, 0.25) is 0 Å². The van der Waals surface area contributed by atoms with Crippen LogP contribution in [0.1, 0.15) is 42.3 Å². The quantitative estimate of drug-likeness (QED) is 0.688. The van der Waals surface area contributed by atoms with Crippen molar-refractivity contribution in [3.8, 4) is 0 Å². The highest BCUT2D eigenvalue weighted by atomic mass is 32.1. The molecule has 1 aliphatic heterocycles. The van der Waals surface area contributed by atoms with Crippen LogP contribution < -0.4 is 5.32 Å². The lowest BCUT2D eigenvalue weighted by Gasteiger charge is -2.33. The van der Waals surface area contributed by atoms with E-state index in [0.717, 1.165) is 42.2 Å². The van der Waals surface area contributed by atoms with E-state index in [1.54, 1.807) is 11.3 Å². The first-order chi connectivity index (χ1) is 9.60. The molecule has 0 bridgehead atoms. The zero-order valence-corrected chi connectivity index (χ0v) is 13.9. The minimum atomic E-state index is 0.687. The van der Waals surface area contributed by atoms with E-state index in [2.05, 4.69) is 42.9 Å². The van der Waals surface area contributed by atoms with Crippen LogP contribution in [-0.2, 0) is 6.54 Å². The Balaban J connectivity index is 2.04. The summed E-state index contributed by atoms with van der Waals surface area (Å²) >= 11 is 1.76. The van der Waals surface area contributed by atoms with Gasteiger partial charge in [0.25, 0.3) is 0 Å². The summed E-state index contributed by atoms with van der Waals surface area (Å²) in [5.41, 5.74) is 1.14. The molecule has 1 aromatic rings. The van der Waals surface area contributed by atoms with Gasteiger partial charge in [-0.2, -0.15) is 0 Å². The van der Waals surface area contributed by atoms with Crippen LogP contribution in [0.4, 0.5) is 0 Å². The van der Waals surface area contributed by atoms with Gasteiger partial charge in [0.05, 0.1) is 12.2 Å². The molecule has 2 heterocycles. The van der Waals surface area contributed by atoms with E-state index < -0.39 is 0 Å². The van der Waals surface area contributed by atoms with E-state index in [1.807, 2.05) is 0 Å². The summed E-state index contributed by atoms with van der Waals surface area (Å²) in [7, 11) is 0. The number of hydrogen-bond acceptors (Lipinski definition) is 3. The molecule has 0 spiro atoms. The molecule has 1 N–H and O–H groups in total. The highest BCUT2D eigenvalue weighted by molar-refractivity contribution is 7.11. The number of nitrogens with zero attached hydrogens (tertiary/aromatic N) is 3. The number of aryl methyl sites for hydroxylation is 2. The SMILES string of the molecule is CCNC(=NCc1nc(C)c(C)s1)N1CCCC(C)C1. The minimum Gasteiger partial charge on any atom is -0.357 e. The first-order valence-electron chi connectivity index (χ1n) is 7.56. The van der Waals surface area contributed by atoms with Crippen LogP contribution in [0.25, 0.3) is 0 Å². The molecule has 0 aromatic carbocycles. The number of piperidine rings is 1. The Morgan fingerprint density at radius 1 is 1.50 bits per heavy atom. The van der Waals surface area contributed by atoms with Gasteiger partial charge in [0, 0.05) is 24.5 Å². The molecule has 5 heteroatoms. The summed E-state index contributed by atoms with van der Waals surface area (Å²) in [6.45, 7) is 12.5. The molecule has 1 fully saturated rings. The van der Waals surface area contributed by atoms with Gasteiger partial charge < -0.3 is 10.2 Å². The number of nitrogens with one attached hydrogen (secondary N) is 1. The van der Waals surface area contributed by atoms with E-state index in [0.29, 0.717) is 6.54 Å². The summed E-state index contributed by atoms with van der Waals surface area (Å²) in [6, 6.07) is 0. The smallest absolute Gasteiger partial charge is 0.194 e. The van der Waals surface area contributed by atoms with Crippen molar-refractivity contribution in [2.75, 3.05) is 19.6 Å². The zero-order chi connectivity index (χ0) is 14.5. The zero-order valence-electron chi connectivity index (χ0n) is 13.1. The van der Waals surface area contributed by atoms with E-state index >= 15 is 0 Å². The van der Waals surface area contributed by atoms with Crippen molar-refractivity contribution in [2.24, 2.45) is 10.9 Å². The lowest BCUT2D eigenvalue weighted by molar-refractivity contribution is 0.266. The van der Waals surface area contributed by atoms with Gasteiger partial charge in [0.1, 0.15) is 5.01 Å². The van der Waals surface area contributed by atoms with Gasteiger partial charge in [-0.05, 0) is 39.5 Å². The highest BCUT2D eigenvalue weighted by Gasteiger charge is 2.19. The molecule has 0 saturated carbocycles. The number of likely N-dealkylation sites (tertiary alicyclic amines) is 1. The van der Waals surface area contributed by atoms with Crippen LogP contribution in [0.5, 0.6) is 0 Å². The molecule has 1 saturated heterocycles. The van der Waals surface area contributed by atoms with Gasteiger partial charge in [-0.15, -0.1) is 11.3 Å². The van der Waals surface area contributed by atoms with E-state index in [-0.39, 0.29) is 0 Å². The maximum absolute atomic E-state index is 4.78. The number of rotatable bonds is 3. The van der Waals surface area contributed by atoms with Crippen LogP contribution in [0.3, 0.4) is 0 Å². The normalized spacial score (nSPS) is 20.3. The maximum Gasteiger partial charge on any atom is 0.194 e. The van der Waals surface area contributed by atoms with Crippen molar-refractivity contribution in [1.82, 2.24) is 15.2 Å². The molecular formula is C15H26N4S. The Hall–Kier alpha value is -1.10. The topological polar surface area (TPSA) is 40.5 Å². The Bertz CT molecular complexity index is 447. The van der Waals surface area contributed by atoms with Crippen molar-refractivity contribution in [1.29, 1.82) is 0 Å². The number of guanidine groups is 1. The van der Waals surface area contributed by atoms with Gasteiger partial charge in [0.15, 0.2) is 5.96 Å². The Morgan fingerprint density at radius 3 is 2.90 bits per heavy atom. The molecule has 20 heavy (non-hydrogen) atoms. The molecule has 2 rings (SSSR count). The molecule has 1 aromatic heterocycles. The first-order valence-corrected chi connectivity index (χ1v) is 8.38. The second kappa shape index (κ2) is 7.07. The summed E-state index contributed by atoms with van der Waals surface area (Å²) in [4.78, 5) is 13.0. The molecule has 0 amide bonds. The fraction of sp³-hybridized carbons (Fsp3) is 0.733. The van der Waals surface area contributed by atoms with E-state index in [4.69, 9.17) is 4.99 Å². The lowest BCUT2D eigenvalue weighted by atomic mass is 10.0. The van der Waals surface area contributed by atoms with E-state index in [1.165, 1.54) is 17.7 Å². The maximum atomic E-state index is 4.78. The van der Waals surface area contributed by atoms with Crippen molar-refractivity contribution >= 4 is 17.3 Å². The fourth-order valence-electron chi connectivity index (χ4n) is 2.56. The second-order valence-corrected chi connectivity index (χ2v) is 6.90. The third kappa shape index (κ3) is 3.95. The summed E-state index contributed by atoms with van der Waals surface area (Å²) in [5, 5.41) is 4.53. The molecule has 1 atom stereocenters. The van der Waals surface area contributed by atoms with Crippen molar-refractivity contribution < 1.29 is 0 Å². The monoisotopic (exact) mass is 294 g/mol. The average Bonchev–Trinajstić information content (AvgIpc) is 2.74. The Labute approximate surface area is 126 Å². The Kier molecular flexibility index (Phi) is 5.40. The summed E-state index contributed by atoms with van der Waals surface area (Å²) in [5.74, 6) is 1.81. The third-order valence-electron chi connectivity index (χ3n) is 3.73. The molecule has 1 aliphatic rings. The van der Waals surface area contributed by atoms with Gasteiger partial charge in [-0.1, -0.05) is 6.92 Å². The van der Waals surface area contributed by atoms with Gasteiger partial charge in [-0.25, -0.2) is 9.98 Å². The van der Waals surface area contributed by atoms with E-state index in [9.17, 15) is 0 Å². The van der Waals surface area contributed by atoms with Crippen molar-refractivity contribution in [3.05, 3.63) is 15.6 Å². The molecule has 0 radical (unpaired) electrons. The second-order valence-electron chi connectivity index (χ2n) is 5.61. The Morgan fingerprint density at radius 2 is 2.30 bits per heavy atom. The van der Waals surface area contributed by atoms with Crippen LogP contribution in [0, 0.1) is 19.8 Å². The van der Waals surface area contributed by atoms with Crippen LogP contribution >= 0.6 is 11.3 Å². The minimum absolute atomic E-state index is 0.687. The standard InChI is InChI=1S/C15H26N4S/c1-5-16-15(19-8-6-7-11(2)10-19)17-9-14-18-12(3)13(4)20-14/h11H,5-10H2,1-4H3,(H,16,17). The number of thiazole rings is 1. The predicted octanol–water partition coefficient (Wildman–Crippen LogP) is 2.96.